The normalized spacial score (nSPS) is 21.5. The molecule has 0 radical (unpaired) electrons. The van der Waals surface area contributed by atoms with Crippen LogP contribution in [0, 0.1) is 0 Å². The Morgan fingerprint density at radius 1 is 0.596 bits per heavy atom. The first-order valence-electron chi connectivity index (χ1n) is 24.0. The van der Waals surface area contributed by atoms with Gasteiger partial charge in [0.25, 0.3) is 0 Å². The minimum Gasteiger partial charge on any atom is -0.394 e. The van der Waals surface area contributed by atoms with Crippen LogP contribution in [-0.4, -0.2) is 123 Å². The van der Waals surface area contributed by atoms with Gasteiger partial charge in [-0.1, -0.05) is 168 Å². The molecule has 8 atom stereocenters. The Hall–Kier alpha value is -0.890. The average Bonchev–Trinajstić information content (AvgIpc) is 3.21. The van der Waals surface area contributed by atoms with Gasteiger partial charge >= 0.3 is 0 Å². The summed E-state index contributed by atoms with van der Waals surface area (Å²) in [4.78, 5) is 15.8. The molecule has 0 aromatic rings. The first-order chi connectivity index (χ1) is 27.7. The van der Waals surface area contributed by atoms with Gasteiger partial charge in [0.05, 0.1) is 25.4 Å². The monoisotopic (exact) mass is 817 g/mol. The van der Waals surface area contributed by atoms with E-state index in [2.05, 4.69) is 31.0 Å². The SMILES string of the molecule is CCCCCCCCCCCCCC[C@@H](O)[C@@H](O)[C@@H](COC1O[C@H](CO)[C@H](O)[C@H](O)[C@H]1O)NC(=O)CCCCCCCN(CCCCCCC)CCCCCCC. The third kappa shape index (κ3) is 26.8. The summed E-state index contributed by atoms with van der Waals surface area (Å²) in [5.41, 5.74) is 0. The molecule has 0 bridgehead atoms. The van der Waals surface area contributed by atoms with Gasteiger partial charge in [0, 0.05) is 6.42 Å². The van der Waals surface area contributed by atoms with Gasteiger partial charge in [0.15, 0.2) is 6.29 Å². The molecule has 0 aliphatic carbocycles. The Balaban J connectivity index is 2.55. The second kappa shape index (κ2) is 36.9. The van der Waals surface area contributed by atoms with Gasteiger partial charge < -0.3 is 50.3 Å². The lowest BCUT2D eigenvalue weighted by molar-refractivity contribution is -0.303. The quantitative estimate of drug-likeness (QED) is 0.0304. The van der Waals surface area contributed by atoms with E-state index in [1.165, 1.54) is 129 Å². The zero-order valence-corrected chi connectivity index (χ0v) is 37.0. The molecule has 7 N–H and O–H groups in total. The number of unbranched alkanes of at least 4 members (excludes halogenated alkanes) is 23. The molecule has 1 aliphatic heterocycles. The maximum Gasteiger partial charge on any atom is 0.220 e. The van der Waals surface area contributed by atoms with Gasteiger partial charge in [-0.25, -0.2) is 0 Å². The highest BCUT2D eigenvalue weighted by Gasteiger charge is 2.44. The molecule has 57 heavy (non-hydrogen) atoms. The van der Waals surface area contributed by atoms with Gasteiger partial charge in [-0.2, -0.15) is 0 Å². The van der Waals surface area contributed by atoms with Gasteiger partial charge in [-0.3, -0.25) is 4.79 Å². The van der Waals surface area contributed by atoms with Crippen molar-refractivity contribution in [3.8, 4) is 0 Å². The zero-order chi connectivity index (χ0) is 41.9. The number of amides is 1. The Morgan fingerprint density at radius 3 is 1.47 bits per heavy atom. The predicted octanol–water partition coefficient (Wildman–Crippen LogP) is 7.68. The molecule has 1 heterocycles. The van der Waals surface area contributed by atoms with Crippen molar-refractivity contribution in [2.45, 2.75) is 256 Å². The van der Waals surface area contributed by atoms with E-state index < -0.39 is 55.6 Å². The van der Waals surface area contributed by atoms with Gasteiger partial charge in [0.2, 0.25) is 5.91 Å². The van der Waals surface area contributed by atoms with Crippen molar-refractivity contribution in [3.05, 3.63) is 0 Å². The smallest absolute Gasteiger partial charge is 0.220 e. The van der Waals surface area contributed by atoms with Crippen molar-refractivity contribution in [2.24, 2.45) is 0 Å². The van der Waals surface area contributed by atoms with E-state index in [1.54, 1.807) is 0 Å². The Kier molecular flexibility index (Phi) is 35.1. The second-order valence-electron chi connectivity index (χ2n) is 17.1. The number of nitrogens with zero attached hydrogens (tertiary/aromatic N) is 1. The number of nitrogens with one attached hydrogen (secondary N) is 1. The van der Waals surface area contributed by atoms with Crippen molar-refractivity contribution in [1.29, 1.82) is 0 Å². The Morgan fingerprint density at radius 2 is 1.02 bits per heavy atom. The second-order valence-corrected chi connectivity index (χ2v) is 17.1. The van der Waals surface area contributed by atoms with Crippen molar-refractivity contribution in [2.75, 3.05) is 32.8 Å². The summed E-state index contributed by atoms with van der Waals surface area (Å²) < 4.78 is 11.2. The van der Waals surface area contributed by atoms with Crippen molar-refractivity contribution in [1.82, 2.24) is 10.2 Å². The number of carbonyl (C=O) groups excluding carboxylic acids is 1. The van der Waals surface area contributed by atoms with Crippen LogP contribution in [0.1, 0.15) is 207 Å². The van der Waals surface area contributed by atoms with Gasteiger partial charge in [-0.05, 0) is 51.7 Å². The topological polar surface area (TPSA) is 172 Å². The van der Waals surface area contributed by atoms with E-state index >= 15 is 0 Å². The van der Waals surface area contributed by atoms with Crippen LogP contribution in [0.4, 0.5) is 0 Å². The lowest BCUT2D eigenvalue weighted by Gasteiger charge is -2.40. The summed E-state index contributed by atoms with van der Waals surface area (Å²) in [6, 6.07) is -0.993. The van der Waals surface area contributed by atoms with Gasteiger partial charge in [-0.15, -0.1) is 0 Å². The first kappa shape index (κ1) is 54.1. The molecule has 1 fully saturated rings. The highest BCUT2D eigenvalue weighted by molar-refractivity contribution is 5.76. The molecule has 0 aromatic heterocycles. The molecule has 11 heteroatoms. The van der Waals surface area contributed by atoms with Crippen molar-refractivity contribution in [3.63, 3.8) is 0 Å². The first-order valence-corrected chi connectivity index (χ1v) is 24.0. The number of carbonyl (C=O) groups is 1. The number of aliphatic hydroxyl groups excluding tert-OH is 6. The molecule has 1 saturated heterocycles. The summed E-state index contributed by atoms with van der Waals surface area (Å²) in [5.74, 6) is -0.258. The fourth-order valence-corrected chi connectivity index (χ4v) is 7.91. The largest absolute Gasteiger partial charge is 0.394 e. The summed E-state index contributed by atoms with van der Waals surface area (Å²) in [6.07, 6.45) is 23.3. The molecule has 0 aromatic carbocycles. The third-order valence-corrected chi connectivity index (χ3v) is 11.8. The van der Waals surface area contributed by atoms with E-state index in [0.29, 0.717) is 12.8 Å². The number of aliphatic hydroxyl groups is 6. The molecular weight excluding hydrogens is 725 g/mol. The maximum atomic E-state index is 13.1. The molecule has 1 aliphatic rings. The fraction of sp³-hybridized carbons (Fsp3) is 0.978. The average molecular weight is 817 g/mol. The highest BCUT2D eigenvalue weighted by Crippen LogP contribution is 2.23. The molecule has 340 valence electrons. The third-order valence-electron chi connectivity index (χ3n) is 11.8. The minimum absolute atomic E-state index is 0.258. The Bertz CT molecular complexity index is 886. The van der Waals surface area contributed by atoms with Crippen LogP contribution in [0.2, 0.25) is 0 Å². The highest BCUT2D eigenvalue weighted by atomic mass is 16.7. The Labute approximate surface area is 349 Å². The van der Waals surface area contributed by atoms with Gasteiger partial charge in [0.1, 0.15) is 30.5 Å². The summed E-state index contributed by atoms with van der Waals surface area (Å²) >= 11 is 0. The summed E-state index contributed by atoms with van der Waals surface area (Å²) in [6.45, 7) is 9.38. The molecule has 1 unspecified atom stereocenters. The standard InChI is InChI=1S/C46H92N2O9/c1-4-7-10-13-14-15-16-17-18-19-21-26-31-39(50)42(52)38(37-56-46-45(55)44(54)43(53)40(36-49)57-46)47-41(51)32-27-22-20-25-30-35-48(33-28-23-11-8-5-2)34-29-24-12-9-6-3/h38-40,42-46,49-50,52-55H,4-37H2,1-3H3,(H,47,51)/t38-,39-,40-,42+,43+,44+,45-,46?/m1/s1. The molecular formula is C46H92N2O9. The number of hydrogen-bond acceptors (Lipinski definition) is 10. The van der Waals surface area contributed by atoms with E-state index in [0.717, 1.165) is 57.9 Å². The van der Waals surface area contributed by atoms with Crippen LogP contribution in [0.3, 0.4) is 0 Å². The molecule has 1 rings (SSSR count). The maximum absolute atomic E-state index is 13.1. The lowest BCUT2D eigenvalue weighted by atomic mass is 9.98. The zero-order valence-electron chi connectivity index (χ0n) is 37.0. The molecule has 1 amide bonds. The minimum atomic E-state index is -1.61. The molecule has 11 nitrogen and oxygen atoms in total. The van der Waals surface area contributed by atoms with E-state index in [4.69, 9.17) is 9.47 Å². The number of rotatable bonds is 40. The molecule has 0 spiro atoms. The summed E-state index contributed by atoms with van der Waals surface area (Å²) in [7, 11) is 0. The fourth-order valence-electron chi connectivity index (χ4n) is 7.91. The van der Waals surface area contributed by atoms with E-state index in [-0.39, 0.29) is 18.9 Å². The predicted molar refractivity (Wildman–Crippen MR) is 231 cm³/mol. The van der Waals surface area contributed by atoms with Crippen LogP contribution in [0.5, 0.6) is 0 Å². The van der Waals surface area contributed by atoms with E-state index in [1.807, 2.05) is 0 Å². The van der Waals surface area contributed by atoms with E-state index in [9.17, 15) is 35.4 Å². The van der Waals surface area contributed by atoms with Crippen LogP contribution in [0.15, 0.2) is 0 Å². The molecule has 0 saturated carbocycles. The lowest BCUT2D eigenvalue weighted by Crippen LogP contribution is -2.60. The number of ether oxygens (including phenoxy) is 2. The van der Waals surface area contributed by atoms with Crippen LogP contribution >= 0.6 is 0 Å². The number of hydrogen-bond donors (Lipinski definition) is 7. The summed E-state index contributed by atoms with van der Waals surface area (Å²) in [5, 5.41) is 65.4. The van der Waals surface area contributed by atoms with Crippen LogP contribution in [-0.2, 0) is 14.3 Å². The van der Waals surface area contributed by atoms with Crippen molar-refractivity contribution < 1.29 is 44.9 Å². The van der Waals surface area contributed by atoms with Crippen LogP contribution in [0.25, 0.3) is 0 Å². The van der Waals surface area contributed by atoms with Crippen LogP contribution < -0.4 is 5.32 Å². The van der Waals surface area contributed by atoms with Crippen molar-refractivity contribution >= 4 is 5.91 Å².